The summed E-state index contributed by atoms with van der Waals surface area (Å²) in [5, 5.41) is 17.0. The fraction of sp³-hybridized carbons (Fsp3) is 0.227. The number of carbonyl (C=O) groups is 2. The summed E-state index contributed by atoms with van der Waals surface area (Å²) >= 11 is 3.01. The molecule has 0 bridgehead atoms. The number of anilines is 1. The lowest BCUT2D eigenvalue weighted by Gasteiger charge is -2.21. The van der Waals surface area contributed by atoms with Gasteiger partial charge in [-0.15, -0.1) is 11.3 Å². The third-order valence-corrected chi connectivity index (χ3v) is 6.82. The average molecular weight is 438 g/mol. The van der Waals surface area contributed by atoms with Gasteiger partial charge in [0.05, 0.1) is 12.2 Å². The molecule has 1 atom stereocenters. The van der Waals surface area contributed by atoms with Gasteiger partial charge in [-0.05, 0) is 71.3 Å². The second-order valence-electron chi connectivity index (χ2n) is 6.98. The van der Waals surface area contributed by atoms with Gasteiger partial charge in [-0.25, -0.2) is 4.79 Å². The predicted octanol–water partition coefficient (Wildman–Crippen LogP) is 4.92. The number of thiophene rings is 2. The Bertz CT molecular complexity index is 1110. The normalized spacial score (nSPS) is 15.5. The molecule has 3 aromatic rings. The Kier molecular flexibility index (Phi) is 6.12. The van der Waals surface area contributed by atoms with Crippen LogP contribution in [-0.4, -0.2) is 23.2 Å². The minimum absolute atomic E-state index is 0.198. The van der Waals surface area contributed by atoms with Gasteiger partial charge >= 0.3 is 6.09 Å². The van der Waals surface area contributed by atoms with Crippen molar-refractivity contribution in [1.82, 2.24) is 4.57 Å². The summed E-state index contributed by atoms with van der Waals surface area (Å²) in [5.74, 6) is -0.0576. The van der Waals surface area contributed by atoms with Crippen molar-refractivity contribution in [3.05, 3.63) is 69.0 Å². The average Bonchev–Trinajstić information content (AvgIpc) is 3.51. The van der Waals surface area contributed by atoms with Gasteiger partial charge < -0.3 is 10.1 Å². The van der Waals surface area contributed by atoms with Gasteiger partial charge in [-0.2, -0.15) is 16.6 Å². The van der Waals surface area contributed by atoms with Crippen LogP contribution in [0, 0.1) is 17.2 Å². The van der Waals surface area contributed by atoms with Crippen LogP contribution in [0.25, 0.3) is 6.08 Å². The molecule has 0 saturated carbocycles. The summed E-state index contributed by atoms with van der Waals surface area (Å²) in [4.78, 5) is 25.4. The SMILES string of the molecule is N#Cc1c(NC(=O)C=Cc2ccsc2)sc2c1CCC(COC(=O)n1cccc1)C2. The first-order chi connectivity index (χ1) is 14.6. The fourth-order valence-corrected chi connectivity index (χ4v) is 5.36. The Morgan fingerprint density at radius 2 is 2.20 bits per heavy atom. The lowest BCUT2D eigenvalue weighted by atomic mass is 9.88. The number of hydrogen-bond donors (Lipinski definition) is 1. The van der Waals surface area contributed by atoms with E-state index in [1.807, 2.05) is 16.8 Å². The highest BCUT2D eigenvalue weighted by atomic mass is 32.1. The van der Waals surface area contributed by atoms with Gasteiger partial charge in [0.15, 0.2) is 0 Å². The van der Waals surface area contributed by atoms with Gasteiger partial charge in [0.25, 0.3) is 0 Å². The molecule has 3 aromatic heterocycles. The highest BCUT2D eigenvalue weighted by Gasteiger charge is 2.27. The summed E-state index contributed by atoms with van der Waals surface area (Å²) in [5.41, 5.74) is 2.53. The van der Waals surface area contributed by atoms with E-state index in [-0.39, 0.29) is 17.9 Å². The molecule has 6 nitrogen and oxygen atoms in total. The Hall–Kier alpha value is -3.15. The van der Waals surface area contributed by atoms with Crippen LogP contribution in [-0.2, 0) is 22.4 Å². The minimum atomic E-state index is -0.389. The molecule has 1 N–H and O–H groups in total. The van der Waals surface area contributed by atoms with E-state index in [0.717, 1.165) is 35.3 Å². The molecule has 1 aliphatic rings. The van der Waals surface area contributed by atoms with Crippen molar-refractivity contribution in [1.29, 1.82) is 5.26 Å². The highest BCUT2D eigenvalue weighted by Crippen LogP contribution is 2.39. The lowest BCUT2D eigenvalue weighted by molar-refractivity contribution is -0.111. The van der Waals surface area contributed by atoms with E-state index >= 15 is 0 Å². The Balaban J connectivity index is 1.40. The van der Waals surface area contributed by atoms with Crippen LogP contribution in [0.2, 0.25) is 0 Å². The van der Waals surface area contributed by atoms with Gasteiger partial charge in [0.2, 0.25) is 5.91 Å². The van der Waals surface area contributed by atoms with Crippen LogP contribution in [0.3, 0.4) is 0 Å². The number of ether oxygens (including phenoxy) is 1. The van der Waals surface area contributed by atoms with Crippen molar-refractivity contribution in [3.63, 3.8) is 0 Å². The lowest BCUT2D eigenvalue weighted by Crippen LogP contribution is -2.22. The molecule has 0 fully saturated rings. The van der Waals surface area contributed by atoms with Crippen LogP contribution in [0.15, 0.2) is 47.4 Å². The Labute approximate surface area is 182 Å². The summed E-state index contributed by atoms with van der Waals surface area (Å²) < 4.78 is 6.83. The van der Waals surface area contributed by atoms with Crippen LogP contribution in [0.5, 0.6) is 0 Å². The van der Waals surface area contributed by atoms with E-state index in [1.165, 1.54) is 22.0 Å². The predicted molar refractivity (Wildman–Crippen MR) is 118 cm³/mol. The summed E-state index contributed by atoms with van der Waals surface area (Å²) in [7, 11) is 0. The van der Waals surface area contributed by atoms with Crippen molar-refractivity contribution in [2.75, 3.05) is 11.9 Å². The number of rotatable bonds is 5. The van der Waals surface area contributed by atoms with E-state index < -0.39 is 0 Å². The smallest absolute Gasteiger partial charge is 0.417 e. The van der Waals surface area contributed by atoms with Crippen LogP contribution in [0.4, 0.5) is 9.80 Å². The number of aromatic nitrogens is 1. The third-order valence-electron chi connectivity index (χ3n) is 4.94. The van der Waals surface area contributed by atoms with Crippen LogP contribution < -0.4 is 5.32 Å². The first-order valence-corrected chi connectivity index (χ1v) is 11.3. The van der Waals surface area contributed by atoms with E-state index in [9.17, 15) is 14.9 Å². The molecular formula is C22H19N3O3S2. The zero-order valence-corrected chi connectivity index (χ0v) is 17.7. The molecular weight excluding hydrogens is 418 g/mol. The first-order valence-electron chi connectivity index (χ1n) is 9.50. The van der Waals surface area contributed by atoms with Crippen molar-refractivity contribution in [2.24, 2.45) is 5.92 Å². The zero-order chi connectivity index (χ0) is 20.9. The number of nitrogens with one attached hydrogen (secondary N) is 1. The minimum Gasteiger partial charge on any atom is -0.449 e. The highest BCUT2D eigenvalue weighted by molar-refractivity contribution is 7.16. The van der Waals surface area contributed by atoms with E-state index in [4.69, 9.17) is 4.74 Å². The van der Waals surface area contributed by atoms with Crippen molar-refractivity contribution >= 4 is 45.8 Å². The number of amides is 1. The Morgan fingerprint density at radius 3 is 2.93 bits per heavy atom. The van der Waals surface area contributed by atoms with Gasteiger partial charge in [0.1, 0.15) is 11.1 Å². The molecule has 1 aliphatic carbocycles. The van der Waals surface area contributed by atoms with Crippen molar-refractivity contribution in [2.45, 2.75) is 19.3 Å². The molecule has 0 spiro atoms. The molecule has 4 rings (SSSR count). The summed E-state index contributed by atoms with van der Waals surface area (Å²) in [6.45, 7) is 0.335. The molecule has 8 heteroatoms. The molecule has 1 unspecified atom stereocenters. The third kappa shape index (κ3) is 4.53. The van der Waals surface area contributed by atoms with Gasteiger partial charge in [-0.1, -0.05) is 0 Å². The standard InChI is InChI=1S/C22H19N3O3S2/c23-12-18-17-5-3-16(13-28-22(27)25-8-1-2-9-25)11-19(17)30-21(18)24-20(26)6-4-15-7-10-29-14-15/h1-2,4,6-10,14,16H,3,5,11,13H2,(H,24,26). The second kappa shape index (κ2) is 9.11. The number of carbonyl (C=O) groups excluding carboxylic acids is 2. The molecule has 3 heterocycles. The molecule has 0 saturated heterocycles. The fourth-order valence-electron chi connectivity index (χ4n) is 3.42. The monoisotopic (exact) mass is 437 g/mol. The van der Waals surface area contributed by atoms with Gasteiger partial charge in [-0.3, -0.25) is 9.36 Å². The van der Waals surface area contributed by atoms with E-state index in [0.29, 0.717) is 17.2 Å². The zero-order valence-electron chi connectivity index (χ0n) is 16.0. The first kappa shape index (κ1) is 20.1. The maximum atomic E-state index is 12.3. The molecule has 0 aromatic carbocycles. The van der Waals surface area contributed by atoms with Gasteiger partial charge in [0, 0.05) is 23.3 Å². The number of nitriles is 1. The molecule has 1 amide bonds. The number of fused-ring (bicyclic) bond motifs is 1. The number of nitrogens with zero attached hydrogens (tertiary/aromatic N) is 2. The van der Waals surface area contributed by atoms with Crippen molar-refractivity contribution < 1.29 is 14.3 Å². The van der Waals surface area contributed by atoms with Crippen molar-refractivity contribution in [3.8, 4) is 6.07 Å². The Morgan fingerprint density at radius 1 is 1.37 bits per heavy atom. The maximum Gasteiger partial charge on any atom is 0.417 e. The molecule has 152 valence electrons. The maximum absolute atomic E-state index is 12.3. The quantitative estimate of drug-likeness (QED) is 0.574. The van der Waals surface area contributed by atoms with Crippen LogP contribution >= 0.6 is 22.7 Å². The molecule has 0 aliphatic heterocycles. The number of hydrogen-bond acceptors (Lipinski definition) is 6. The largest absolute Gasteiger partial charge is 0.449 e. The summed E-state index contributed by atoms with van der Waals surface area (Å²) in [6, 6.07) is 7.72. The second-order valence-corrected chi connectivity index (χ2v) is 8.86. The molecule has 30 heavy (non-hydrogen) atoms. The topological polar surface area (TPSA) is 84.1 Å². The summed E-state index contributed by atoms with van der Waals surface area (Å²) in [6.07, 6.45) is 8.45. The van der Waals surface area contributed by atoms with Crippen LogP contribution in [0.1, 0.15) is 28.0 Å². The molecule has 0 radical (unpaired) electrons. The van der Waals surface area contributed by atoms with E-state index in [2.05, 4.69) is 11.4 Å². The van der Waals surface area contributed by atoms with E-state index in [1.54, 1.807) is 41.9 Å².